The van der Waals surface area contributed by atoms with Gasteiger partial charge in [-0.15, -0.1) is 0 Å². The molecule has 0 N–H and O–H groups in total. The van der Waals surface area contributed by atoms with Crippen molar-refractivity contribution < 1.29 is 9.47 Å². The van der Waals surface area contributed by atoms with E-state index in [-0.39, 0.29) is 0 Å². The SMILES string of the molecule is C[C@@H]1CN(C[C@@H]2CCCCO2)[C@@H](C)CO1. The summed E-state index contributed by atoms with van der Waals surface area (Å²) in [6, 6.07) is 0.548. The van der Waals surface area contributed by atoms with E-state index in [1.54, 1.807) is 0 Å². The predicted molar refractivity (Wildman–Crippen MR) is 60.0 cm³/mol. The molecule has 15 heavy (non-hydrogen) atoms. The summed E-state index contributed by atoms with van der Waals surface area (Å²) < 4.78 is 11.4. The average Bonchev–Trinajstić information content (AvgIpc) is 2.25. The smallest absolute Gasteiger partial charge is 0.0702 e. The molecule has 0 unspecified atom stereocenters. The number of nitrogens with zero attached hydrogens (tertiary/aromatic N) is 1. The van der Waals surface area contributed by atoms with Crippen LogP contribution in [0, 0.1) is 0 Å². The Morgan fingerprint density at radius 2 is 2.07 bits per heavy atom. The summed E-state index contributed by atoms with van der Waals surface area (Å²) in [4.78, 5) is 2.52. The summed E-state index contributed by atoms with van der Waals surface area (Å²) in [7, 11) is 0. The minimum absolute atomic E-state index is 0.379. The Bertz CT molecular complexity index is 192. The van der Waals surface area contributed by atoms with Gasteiger partial charge in [0.25, 0.3) is 0 Å². The second-order valence-corrected chi connectivity index (χ2v) is 4.94. The Hall–Kier alpha value is -0.120. The number of hydrogen-bond donors (Lipinski definition) is 0. The zero-order valence-electron chi connectivity index (χ0n) is 9.95. The van der Waals surface area contributed by atoms with Crippen molar-refractivity contribution in [3.8, 4) is 0 Å². The second-order valence-electron chi connectivity index (χ2n) is 4.94. The monoisotopic (exact) mass is 213 g/mol. The first-order valence-corrected chi connectivity index (χ1v) is 6.23. The Morgan fingerprint density at radius 3 is 2.80 bits per heavy atom. The molecule has 0 aliphatic carbocycles. The lowest BCUT2D eigenvalue weighted by Gasteiger charge is -2.39. The lowest BCUT2D eigenvalue weighted by molar-refractivity contribution is -0.0777. The van der Waals surface area contributed by atoms with Gasteiger partial charge in [0.1, 0.15) is 0 Å². The van der Waals surface area contributed by atoms with E-state index >= 15 is 0 Å². The molecule has 2 aliphatic rings. The van der Waals surface area contributed by atoms with Crippen LogP contribution in [-0.2, 0) is 9.47 Å². The first-order valence-electron chi connectivity index (χ1n) is 6.23. The molecule has 88 valence electrons. The van der Waals surface area contributed by atoms with Crippen LogP contribution in [0.4, 0.5) is 0 Å². The molecule has 0 amide bonds. The molecule has 0 aromatic carbocycles. The Kier molecular flexibility index (Phi) is 4.00. The van der Waals surface area contributed by atoms with Gasteiger partial charge in [-0.3, -0.25) is 4.90 Å². The summed E-state index contributed by atoms with van der Waals surface area (Å²) >= 11 is 0. The molecule has 0 saturated carbocycles. The third-order valence-corrected chi connectivity index (χ3v) is 3.45. The molecule has 3 heteroatoms. The zero-order valence-corrected chi connectivity index (χ0v) is 9.95. The lowest BCUT2D eigenvalue weighted by Crippen LogP contribution is -2.50. The fourth-order valence-corrected chi connectivity index (χ4v) is 2.44. The summed E-state index contributed by atoms with van der Waals surface area (Å²) in [5, 5.41) is 0. The van der Waals surface area contributed by atoms with E-state index in [9.17, 15) is 0 Å². The Labute approximate surface area is 92.7 Å². The fraction of sp³-hybridized carbons (Fsp3) is 1.00. The number of morpholine rings is 1. The normalized spacial score (nSPS) is 39.2. The van der Waals surface area contributed by atoms with Crippen LogP contribution in [0.2, 0.25) is 0 Å². The summed E-state index contributed by atoms with van der Waals surface area (Å²) in [6.45, 7) is 8.37. The quantitative estimate of drug-likeness (QED) is 0.696. The first-order chi connectivity index (χ1) is 7.25. The molecule has 2 saturated heterocycles. The van der Waals surface area contributed by atoms with Crippen LogP contribution in [0.3, 0.4) is 0 Å². The van der Waals surface area contributed by atoms with Crippen molar-refractivity contribution in [3.63, 3.8) is 0 Å². The van der Waals surface area contributed by atoms with Crippen molar-refractivity contribution in [2.45, 2.75) is 51.4 Å². The van der Waals surface area contributed by atoms with Gasteiger partial charge < -0.3 is 9.47 Å². The predicted octanol–water partition coefficient (Wildman–Crippen LogP) is 1.66. The van der Waals surface area contributed by atoms with Crippen LogP contribution in [0.1, 0.15) is 33.1 Å². The highest BCUT2D eigenvalue weighted by Crippen LogP contribution is 2.17. The highest BCUT2D eigenvalue weighted by atomic mass is 16.5. The molecule has 2 rings (SSSR count). The van der Waals surface area contributed by atoms with Gasteiger partial charge in [-0.05, 0) is 33.1 Å². The fourth-order valence-electron chi connectivity index (χ4n) is 2.44. The molecule has 2 heterocycles. The minimum Gasteiger partial charge on any atom is -0.377 e. The number of rotatable bonds is 2. The van der Waals surface area contributed by atoms with Crippen LogP contribution in [0.25, 0.3) is 0 Å². The van der Waals surface area contributed by atoms with E-state index in [4.69, 9.17) is 9.47 Å². The van der Waals surface area contributed by atoms with Gasteiger partial charge in [0.15, 0.2) is 0 Å². The van der Waals surface area contributed by atoms with E-state index in [1.165, 1.54) is 19.3 Å². The summed E-state index contributed by atoms with van der Waals surface area (Å²) in [5.41, 5.74) is 0. The van der Waals surface area contributed by atoms with Gasteiger partial charge in [0, 0.05) is 25.7 Å². The third kappa shape index (κ3) is 3.16. The molecule has 0 radical (unpaired) electrons. The van der Waals surface area contributed by atoms with Gasteiger partial charge in [-0.2, -0.15) is 0 Å². The molecule has 3 nitrogen and oxygen atoms in total. The lowest BCUT2D eigenvalue weighted by atomic mass is 10.1. The van der Waals surface area contributed by atoms with Crippen molar-refractivity contribution in [1.29, 1.82) is 0 Å². The number of ether oxygens (including phenoxy) is 2. The number of hydrogen-bond acceptors (Lipinski definition) is 3. The zero-order chi connectivity index (χ0) is 10.7. The molecule has 3 atom stereocenters. The van der Waals surface area contributed by atoms with E-state index in [0.29, 0.717) is 18.2 Å². The topological polar surface area (TPSA) is 21.7 Å². The molecular weight excluding hydrogens is 190 g/mol. The van der Waals surface area contributed by atoms with Crippen molar-refractivity contribution in [2.75, 3.05) is 26.3 Å². The van der Waals surface area contributed by atoms with Gasteiger partial charge >= 0.3 is 0 Å². The van der Waals surface area contributed by atoms with Gasteiger partial charge in [-0.1, -0.05) is 0 Å². The Morgan fingerprint density at radius 1 is 1.20 bits per heavy atom. The molecule has 2 aliphatic heterocycles. The van der Waals surface area contributed by atoms with Gasteiger partial charge in [0.2, 0.25) is 0 Å². The van der Waals surface area contributed by atoms with Crippen LogP contribution in [0.15, 0.2) is 0 Å². The minimum atomic E-state index is 0.379. The van der Waals surface area contributed by atoms with Crippen LogP contribution in [-0.4, -0.2) is 49.5 Å². The van der Waals surface area contributed by atoms with E-state index in [1.807, 2.05) is 0 Å². The van der Waals surface area contributed by atoms with E-state index in [0.717, 1.165) is 26.3 Å². The highest BCUT2D eigenvalue weighted by Gasteiger charge is 2.26. The van der Waals surface area contributed by atoms with Crippen LogP contribution < -0.4 is 0 Å². The first kappa shape index (κ1) is 11.4. The van der Waals surface area contributed by atoms with Crippen molar-refractivity contribution in [1.82, 2.24) is 4.90 Å². The summed E-state index contributed by atoms with van der Waals surface area (Å²) in [5.74, 6) is 0. The Balaban J connectivity index is 1.80. The molecule has 0 spiro atoms. The maximum Gasteiger partial charge on any atom is 0.0702 e. The van der Waals surface area contributed by atoms with E-state index in [2.05, 4.69) is 18.7 Å². The molecule has 0 bridgehead atoms. The average molecular weight is 213 g/mol. The van der Waals surface area contributed by atoms with Crippen molar-refractivity contribution in [2.24, 2.45) is 0 Å². The molecular formula is C12H23NO2. The molecule has 0 aromatic rings. The van der Waals surface area contributed by atoms with Crippen molar-refractivity contribution >= 4 is 0 Å². The van der Waals surface area contributed by atoms with Gasteiger partial charge in [0.05, 0.1) is 18.8 Å². The second kappa shape index (κ2) is 5.28. The third-order valence-electron chi connectivity index (χ3n) is 3.45. The summed E-state index contributed by atoms with van der Waals surface area (Å²) in [6.07, 6.45) is 4.65. The van der Waals surface area contributed by atoms with Crippen molar-refractivity contribution in [3.05, 3.63) is 0 Å². The van der Waals surface area contributed by atoms with Crippen LogP contribution in [0.5, 0.6) is 0 Å². The molecule has 0 aromatic heterocycles. The van der Waals surface area contributed by atoms with Crippen LogP contribution >= 0.6 is 0 Å². The van der Waals surface area contributed by atoms with Gasteiger partial charge in [-0.25, -0.2) is 0 Å². The van der Waals surface area contributed by atoms with E-state index < -0.39 is 0 Å². The highest BCUT2D eigenvalue weighted by molar-refractivity contribution is 4.78. The maximum absolute atomic E-state index is 5.78. The largest absolute Gasteiger partial charge is 0.377 e. The molecule has 2 fully saturated rings. The standard InChI is InChI=1S/C12H23NO2/c1-10-9-15-11(2)7-13(10)8-12-5-3-4-6-14-12/h10-12H,3-9H2,1-2H3/t10-,11+,12-/m0/s1. The maximum atomic E-state index is 5.78.